The lowest BCUT2D eigenvalue weighted by Gasteiger charge is -2.57. The van der Waals surface area contributed by atoms with E-state index in [2.05, 4.69) is 10.1 Å². The number of aryl methyl sites for hydroxylation is 1. The zero-order valence-corrected chi connectivity index (χ0v) is 15.4. The number of hydrogen-bond acceptors (Lipinski definition) is 5. The largest absolute Gasteiger partial charge is 0.469 e. The molecule has 2 rings (SSSR count). The van der Waals surface area contributed by atoms with E-state index in [1.807, 2.05) is 45.0 Å². The molecule has 6 heteroatoms. The van der Waals surface area contributed by atoms with Gasteiger partial charge in [0, 0.05) is 30.6 Å². The number of ether oxygens (including phenoxy) is 2. The second-order valence-corrected chi connectivity index (χ2v) is 7.07. The van der Waals surface area contributed by atoms with Gasteiger partial charge >= 0.3 is 5.97 Å². The number of rotatable bonds is 7. The predicted molar refractivity (Wildman–Crippen MR) is 96.1 cm³/mol. The first-order valence-corrected chi connectivity index (χ1v) is 8.62. The SMILES string of the molecule is CCOC1CC(N)(C(=O)Nc2ccc(CCC(=O)OC)cc2)C1(C)C. The number of methoxy groups -OCH3 is 1. The first-order valence-electron chi connectivity index (χ1n) is 8.62. The summed E-state index contributed by atoms with van der Waals surface area (Å²) in [5.74, 6) is -0.436. The van der Waals surface area contributed by atoms with Crippen LogP contribution in [0, 0.1) is 5.41 Å². The maximum Gasteiger partial charge on any atom is 0.305 e. The number of anilines is 1. The summed E-state index contributed by atoms with van der Waals surface area (Å²) in [5.41, 5.74) is 6.70. The lowest BCUT2D eigenvalue weighted by Crippen LogP contribution is -2.74. The molecule has 1 amide bonds. The fraction of sp³-hybridized carbons (Fsp3) is 0.579. The number of esters is 1. The number of nitrogens with two attached hydrogens (primary N) is 1. The number of amides is 1. The van der Waals surface area contributed by atoms with Crippen LogP contribution in [0.15, 0.2) is 24.3 Å². The van der Waals surface area contributed by atoms with Crippen molar-refractivity contribution in [2.45, 2.75) is 51.7 Å². The minimum absolute atomic E-state index is 0.00560. The van der Waals surface area contributed by atoms with Crippen LogP contribution < -0.4 is 11.1 Å². The predicted octanol–water partition coefficient (Wildman–Crippen LogP) is 2.26. The van der Waals surface area contributed by atoms with E-state index in [-0.39, 0.29) is 18.0 Å². The van der Waals surface area contributed by atoms with Gasteiger partial charge < -0.3 is 20.5 Å². The molecule has 3 N–H and O–H groups in total. The van der Waals surface area contributed by atoms with Crippen LogP contribution in [0.1, 0.15) is 39.2 Å². The highest BCUT2D eigenvalue weighted by Gasteiger charge is 2.62. The van der Waals surface area contributed by atoms with Gasteiger partial charge in [-0.1, -0.05) is 26.0 Å². The van der Waals surface area contributed by atoms with Crippen LogP contribution in [-0.4, -0.2) is 37.2 Å². The summed E-state index contributed by atoms with van der Waals surface area (Å²) in [6, 6.07) is 7.41. The van der Waals surface area contributed by atoms with E-state index < -0.39 is 11.0 Å². The molecule has 25 heavy (non-hydrogen) atoms. The van der Waals surface area contributed by atoms with Crippen molar-refractivity contribution < 1.29 is 19.1 Å². The second-order valence-electron chi connectivity index (χ2n) is 7.07. The summed E-state index contributed by atoms with van der Waals surface area (Å²) < 4.78 is 10.3. The van der Waals surface area contributed by atoms with E-state index in [1.165, 1.54) is 7.11 Å². The summed E-state index contributed by atoms with van der Waals surface area (Å²) in [6.45, 7) is 6.48. The van der Waals surface area contributed by atoms with Crippen LogP contribution in [0.4, 0.5) is 5.69 Å². The van der Waals surface area contributed by atoms with Crippen molar-refractivity contribution >= 4 is 17.6 Å². The molecule has 138 valence electrons. The molecular formula is C19H28N2O4. The molecule has 6 nitrogen and oxygen atoms in total. The van der Waals surface area contributed by atoms with E-state index >= 15 is 0 Å². The molecule has 1 fully saturated rings. The summed E-state index contributed by atoms with van der Waals surface area (Å²) in [6.07, 6.45) is 1.44. The summed E-state index contributed by atoms with van der Waals surface area (Å²) in [7, 11) is 1.38. The van der Waals surface area contributed by atoms with Crippen LogP contribution in [-0.2, 0) is 25.5 Å². The molecule has 0 aliphatic heterocycles. The maximum absolute atomic E-state index is 12.7. The molecular weight excluding hydrogens is 320 g/mol. The van der Waals surface area contributed by atoms with E-state index in [4.69, 9.17) is 10.5 Å². The Morgan fingerprint density at radius 1 is 1.28 bits per heavy atom. The first kappa shape index (κ1) is 19.4. The molecule has 1 aromatic rings. The average Bonchev–Trinajstić information content (AvgIpc) is 2.60. The van der Waals surface area contributed by atoms with Crippen LogP contribution in [0.5, 0.6) is 0 Å². The van der Waals surface area contributed by atoms with Crippen LogP contribution in [0.25, 0.3) is 0 Å². The van der Waals surface area contributed by atoms with Gasteiger partial charge in [0.2, 0.25) is 5.91 Å². The molecule has 0 aromatic heterocycles. The third kappa shape index (κ3) is 3.85. The molecule has 1 aromatic carbocycles. The third-order valence-corrected chi connectivity index (χ3v) is 5.29. The minimum atomic E-state index is -0.948. The summed E-state index contributed by atoms with van der Waals surface area (Å²) in [5, 5.41) is 2.89. The fourth-order valence-electron chi connectivity index (χ4n) is 3.17. The van der Waals surface area contributed by atoms with Crippen molar-refractivity contribution in [3.8, 4) is 0 Å². The van der Waals surface area contributed by atoms with E-state index in [9.17, 15) is 9.59 Å². The van der Waals surface area contributed by atoms with Gasteiger partial charge in [-0.25, -0.2) is 0 Å². The van der Waals surface area contributed by atoms with Crippen molar-refractivity contribution in [3.63, 3.8) is 0 Å². The number of carbonyl (C=O) groups excluding carboxylic acids is 2. The zero-order valence-electron chi connectivity index (χ0n) is 15.4. The third-order valence-electron chi connectivity index (χ3n) is 5.29. The minimum Gasteiger partial charge on any atom is -0.469 e. The maximum atomic E-state index is 12.7. The molecule has 0 spiro atoms. The van der Waals surface area contributed by atoms with E-state index in [1.54, 1.807) is 0 Å². The highest BCUT2D eigenvalue weighted by Crippen LogP contribution is 2.50. The Morgan fingerprint density at radius 3 is 2.44 bits per heavy atom. The lowest BCUT2D eigenvalue weighted by atomic mass is 9.54. The van der Waals surface area contributed by atoms with Gasteiger partial charge in [0.25, 0.3) is 0 Å². The topological polar surface area (TPSA) is 90.6 Å². The van der Waals surface area contributed by atoms with Gasteiger partial charge in [0.15, 0.2) is 0 Å². The van der Waals surface area contributed by atoms with Gasteiger partial charge in [0.1, 0.15) is 5.54 Å². The second kappa shape index (κ2) is 7.54. The Balaban J connectivity index is 1.96. The molecule has 1 saturated carbocycles. The molecule has 2 unspecified atom stereocenters. The van der Waals surface area contributed by atoms with E-state index in [0.29, 0.717) is 31.6 Å². The molecule has 0 radical (unpaired) electrons. The molecule has 0 bridgehead atoms. The zero-order chi connectivity index (χ0) is 18.7. The molecule has 0 saturated heterocycles. The Kier molecular flexibility index (Phi) is 5.85. The van der Waals surface area contributed by atoms with Gasteiger partial charge in [-0.3, -0.25) is 9.59 Å². The highest BCUT2D eigenvalue weighted by molar-refractivity contribution is 5.99. The number of benzene rings is 1. The number of hydrogen-bond donors (Lipinski definition) is 2. The van der Waals surface area contributed by atoms with Gasteiger partial charge in [-0.05, 0) is 31.0 Å². The Morgan fingerprint density at radius 2 is 1.92 bits per heavy atom. The standard InChI is InChI=1S/C19H28N2O4/c1-5-25-15-12-19(20,18(15,2)3)17(23)21-14-9-6-13(7-10-14)8-11-16(22)24-4/h6-7,9-10,15H,5,8,11-12,20H2,1-4H3,(H,21,23). The Hall–Kier alpha value is -1.92. The summed E-state index contributed by atoms with van der Waals surface area (Å²) >= 11 is 0. The van der Waals surface area contributed by atoms with Crippen LogP contribution in [0.2, 0.25) is 0 Å². The molecule has 1 aliphatic carbocycles. The van der Waals surface area contributed by atoms with E-state index in [0.717, 1.165) is 5.56 Å². The smallest absolute Gasteiger partial charge is 0.305 e. The van der Waals surface area contributed by atoms with Gasteiger partial charge in [-0.2, -0.15) is 0 Å². The van der Waals surface area contributed by atoms with Crippen molar-refractivity contribution in [3.05, 3.63) is 29.8 Å². The van der Waals surface area contributed by atoms with Crippen LogP contribution >= 0.6 is 0 Å². The quantitative estimate of drug-likeness (QED) is 0.738. The first-order chi connectivity index (χ1) is 11.7. The van der Waals surface area contributed by atoms with Crippen molar-refractivity contribution in [2.75, 3.05) is 19.0 Å². The lowest BCUT2D eigenvalue weighted by molar-refractivity contribution is -0.166. The average molecular weight is 348 g/mol. The molecule has 1 aliphatic rings. The molecule has 0 heterocycles. The Bertz CT molecular complexity index is 627. The van der Waals surface area contributed by atoms with Crippen molar-refractivity contribution in [2.24, 2.45) is 11.1 Å². The molecule has 2 atom stereocenters. The van der Waals surface area contributed by atoms with Crippen molar-refractivity contribution in [1.82, 2.24) is 0 Å². The van der Waals surface area contributed by atoms with Crippen LogP contribution in [0.3, 0.4) is 0 Å². The highest BCUT2D eigenvalue weighted by atomic mass is 16.5. The van der Waals surface area contributed by atoms with Gasteiger partial charge in [0.05, 0.1) is 13.2 Å². The normalized spacial score (nSPS) is 24.3. The monoisotopic (exact) mass is 348 g/mol. The number of carbonyl (C=O) groups is 2. The number of nitrogens with one attached hydrogen (secondary N) is 1. The van der Waals surface area contributed by atoms with Crippen molar-refractivity contribution in [1.29, 1.82) is 0 Å². The van der Waals surface area contributed by atoms with Gasteiger partial charge in [-0.15, -0.1) is 0 Å². The Labute approximate surface area is 149 Å². The summed E-state index contributed by atoms with van der Waals surface area (Å²) in [4.78, 5) is 23.8. The fourth-order valence-corrected chi connectivity index (χ4v) is 3.17.